The monoisotopic (exact) mass is 282 g/mol. The van der Waals surface area contributed by atoms with Crippen molar-refractivity contribution in [2.45, 2.75) is 19.6 Å². The number of benzene rings is 1. The zero-order chi connectivity index (χ0) is 14.0. The number of phenols is 1. The summed E-state index contributed by atoms with van der Waals surface area (Å²) in [4.78, 5) is 0. The van der Waals surface area contributed by atoms with Gasteiger partial charge in [-0.25, -0.2) is 8.42 Å². The van der Waals surface area contributed by atoms with Crippen molar-refractivity contribution in [3.63, 3.8) is 0 Å². The van der Waals surface area contributed by atoms with Crippen molar-refractivity contribution in [2.24, 2.45) is 0 Å². The second-order valence-electron chi connectivity index (χ2n) is 4.26. The largest absolute Gasteiger partial charge is 0.505 e. The standard InChI is InChI=1S/C12H14N2O4S/c1-8-4-3-5-11(12(8)15)14-19(16,17)7-10-6-9(2)18-13-10/h3-6,14-15H,7H2,1-2H3. The summed E-state index contributed by atoms with van der Waals surface area (Å²) in [7, 11) is -3.65. The molecule has 0 aliphatic carbocycles. The van der Waals surface area contributed by atoms with Crippen LogP contribution < -0.4 is 4.72 Å². The summed E-state index contributed by atoms with van der Waals surface area (Å²) in [5.41, 5.74) is 1.06. The number of rotatable bonds is 4. The number of sulfonamides is 1. The molecule has 0 aliphatic heterocycles. The normalized spacial score (nSPS) is 11.5. The lowest BCUT2D eigenvalue weighted by atomic mass is 10.2. The molecule has 0 atom stereocenters. The molecule has 0 amide bonds. The van der Waals surface area contributed by atoms with Crippen LogP contribution >= 0.6 is 0 Å². The topological polar surface area (TPSA) is 92.4 Å². The van der Waals surface area contributed by atoms with Crippen LogP contribution in [0.25, 0.3) is 0 Å². The van der Waals surface area contributed by atoms with E-state index in [4.69, 9.17) is 4.52 Å². The first-order valence-corrected chi connectivity index (χ1v) is 7.24. The van der Waals surface area contributed by atoms with E-state index in [9.17, 15) is 13.5 Å². The van der Waals surface area contributed by atoms with E-state index in [0.29, 0.717) is 17.0 Å². The van der Waals surface area contributed by atoms with Crippen LogP contribution in [0.5, 0.6) is 5.75 Å². The Labute approximate surface area is 111 Å². The van der Waals surface area contributed by atoms with Crippen molar-refractivity contribution < 1.29 is 18.0 Å². The van der Waals surface area contributed by atoms with Crippen LogP contribution in [0.3, 0.4) is 0 Å². The molecule has 0 spiro atoms. The van der Waals surface area contributed by atoms with E-state index in [-0.39, 0.29) is 17.2 Å². The highest BCUT2D eigenvalue weighted by Gasteiger charge is 2.16. The first-order valence-electron chi connectivity index (χ1n) is 5.58. The molecule has 6 nitrogen and oxygen atoms in total. The lowest BCUT2D eigenvalue weighted by Gasteiger charge is -2.09. The molecular weight excluding hydrogens is 268 g/mol. The number of aryl methyl sites for hydroxylation is 2. The van der Waals surface area contributed by atoms with Gasteiger partial charge in [-0.15, -0.1) is 0 Å². The summed E-state index contributed by atoms with van der Waals surface area (Å²) < 4.78 is 31.0. The van der Waals surface area contributed by atoms with E-state index in [1.165, 1.54) is 6.07 Å². The van der Waals surface area contributed by atoms with Gasteiger partial charge in [-0.3, -0.25) is 4.72 Å². The summed E-state index contributed by atoms with van der Waals surface area (Å²) in [6.07, 6.45) is 0. The summed E-state index contributed by atoms with van der Waals surface area (Å²) in [5, 5.41) is 13.4. The average Bonchev–Trinajstić information content (AvgIpc) is 2.69. The number of nitrogens with one attached hydrogen (secondary N) is 1. The van der Waals surface area contributed by atoms with Gasteiger partial charge in [0.2, 0.25) is 10.0 Å². The molecule has 1 heterocycles. The zero-order valence-electron chi connectivity index (χ0n) is 10.5. The summed E-state index contributed by atoms with van der Waals surface area (Å²) >= 11 is 0. The molecule has 19 heavy (non-hydrogen) atoms. The number of hydrogen-bond donors (Lipinski definition) is 2. The minimum absolute atomic E-state index is 0.0811. The third-order valence-corrected chi connectivity index (χ3v) is 3.72. The second kappa shape index (κ2) is 4.93. The molecular formula is C12H14N2O4S. The van der Waals surface area contributed by atoms with E-state index < -0.39 is 10.0 Å². The molecule has 0 radical (unpaired) electrons. The SMILES string of the molecule is Cc1cc(CS(=O)(=O)Nc2cccc(C)c2O)no1. The van der Waals surface area contributed by atoms with E-state index in [0.717, 1.165) is 0 Å². The van der Waals surface area contributed by atoms with Crippen LogP contribution in [0.1, 0.15) is 17.0 Å². The predicted molar refractivity (Wildman–Crippen MR) is 70.3 cm³/mol. The third-order valence-electron chi connectivity index (χ3n) is 2.52. The Bertz CT molecular complexity index is 692. The molecule has 0 aliphatic rings. The number of hydrogen-bond acceptors (Lipinski definition) is 5. The molecule has 0 bridgehead atoms. The van der Waals surface area contributed by atoms with Crippen LogP contribution in [0.4, 0.5) is 5.69 Å². The molecule has 0 saturated carbocycles. The van der Waals surface area contributed by atoms with E-state index >= 15 is 0 Å². The highest BCUT2D eigenvalue weighted by Crippen LogP contribution is 2.27. The Morgan fingerprint density at radius 3 is 2.74 bits per heavy atom. The Hall–Kier alpha value is -2.02. The minimum atomic E-state index is -3.65. The molecule has 102 valence electrons. The van der Waals surface area contributed by atoms with Gasteiger partial charge in [-0.1, -0.05) is 17.3 Å². The number of phenolic OH excluding ortho intramolecular Hbond substituents is 1. The smallest absolute Gasteiger partial charge is 0.238 e. The maximum Gasteiger partial charge on any atom is 0.238 e. The molecule has 2 N–H and O–H groups in total. The van der Waals surface area contributed by atoms with E-state index in [1.54, 1.807) is 32.0 Å². The van der Waals surface area contributed by atoms with Crippen molar-refractivity contribution in [1.82, 2.24) is 5.16 Å². The van der Waals surface area contributed by atoms with Gasteiger partial charge in [0.25, 0.3) is 0 Å². The van der Waals surface area contributed by atoms with Crippen molar-refractivity contribution in [2.75, 3.05) is 4.72 Å². The predicted octanol–water partition coefficient (Wildman–Crippen LogP) is 1.94. The van der Waals surface area contributed by atoms with Gasteiger partial charge in [-0.05, 0) is 25.5 Å². The Morgan fingerprint density at radius 1 is 1.37 bits per heavy atom. The van der Waals surface area contributed by atoms with Gasteiger partial charge >= 0.3 is 0 Å². The van der Waals surface area contributed by atoms with Crippen molar-refractivity contribution in [3.8, 4) is 5.75 Å². The molecule has 2 aromatic rings. The van der Waals surface area contributed by atoms with Crippen LogP contribution in [0, 0.1) is 13.8 Å². The van der Waals surface area contributed by atoms with Crippen molar-refractivity contribution in [3.05, 3.63) is 41.3 Å². The third kappa shape index (κ3) is 3.25. The summed E-state index contributed by atoms with van der Waals surface area (Å²) in [6, 6.07) is 6.39. The van der Waals surface area contributed by atoms with Gasteiger partial charge < -0.3 is 9.63 Å². The highest BCUT2D eigenvalue weighted by molar-refractivity contribution is 7.91. The van der Waals surface area contributed by atoms with Crippen LogP contribution in [0.2, 0.25) is 0 Å². The van der Waals surface area contributed by atoms with Gasteiger partial charge in [0, 0.05) is 6.07 Å². The first-order chi connectivity index (χ1) is 8.87. The molecule has 0 saturated heterocycles. The fraction of sp³-hybridized carbons (Fsp3) is 0.250. The van der Waals surface area contributed by atoms with Crippen molar-refractivity contribution in [1.29, 1.82) is 0 Å². The number of para-hydroxylation sites is 1. The summed E-state index contributed by atoms with van der Waals surface area (Å²) in [5.74, 6) is 0.156. The molecule has 0 unspecified atom stereocenters. The maximum atomic E-state index is 11.9. The fourth-order valence-corrected chi connectivity index (χ4v) is 2.72. The first kappa shape index (κ1) is 13.4. The quantitative estimate of drug-likeness (QED) is 0.836. The lowest BCUT2D eigenvalue weighted by Crippen LogP contribution is -2.15. The molecule has 0 fully saturated rings. The van der Waals surface area contributed by atoms with Crippen molar-refractivity contribution >= 4 is 15.7 Å². The minimum Gasteiger partial charge on any atom is -0.505 e. The van der Waals surface area contributed by atoms with Crippen LogP contribution in [0.15, 0.2) is 28.8 Å². The molecule has 1 aromatic heterocycles. The molecule has 2 rings (SSSR count). The number of nitrogens with zero attached hydrogens (tertiary/aromatic N) is 1. The van der Waals surface area contributed by atoms with E-state index in [1.807, 2.05) is 0 Å². The number of aromatic hydroxyl groups is 1. The molecule has 1 aromatic carbocycles. The Morgan fingerprint density at radius 2 is 2.11 bits per heavy atom. The number of anilines is 1. The average molecular weight is 282 g/mol. The lowest BCUT2D eigenvalue weighted by molar-refractivity contribution is 0.392. The second-order valence-corrected chi connectivity index (χ2v) is 5.98. The van der Waals surface area contributed by atoms with Gasteiger partial charge in [0.1, 0.15) is 23.0 Å². The number of aromatic nitrogens is 1. The van der Waals surface area contributed by atoms with Crippen LogP contribution in [-0.2, 0) is 15.8 Å². The highest BCUT2D eigenvalue weighted by atomic mass is 32.2. The Balaban J connectivity index is 2.19. The maximum absolute atomic E-state index is 11.9. The molecule has 7 heteroatoms. The Kier molecular flexibility index (Phi) is 3.48. The van der Waals surface area contributed by atoms with Crippen LogP contribution in [-0.4, -0.2) is 18.7 Å². The zero-order valence-corrected chi connectivity index (χ0v) is 11.4. The fourth-order valence-electron chi connectivity index (χ4n) is 1.63. The van der Waals surface area contributed by atoms with Gasteiger partial charge in [0.05, 0.1) is 5.69 Å². The summed E-state index contributed by atoms with van der Waals surface area (Å²) in [6.45, 7) is 3.37. The van der Waals surface area contributed by atoms with Gasteiger partial charge in [-0.2, -0.15) is 0 Å². The van der Waals surface area contributed by atoms with E-state index in [2.05, 4.69) is 9.88 Å². The van der Waals surface area contributed by atoms with Gasteiger partial charge in [0.15, 0.2) is 0 Å².